The largest absolute Gasteiger partial charge is 0.323 e. The van der Waals surface area contributed by atoms with Gasteiger partial charge in [-0.1, -0.05) is 0 Å². The highest BCUT2D eigenvalue weighted by Gasteiger charge is 2.36. The Hall–Kier alpha value is -1.49. The van der Waals surface area contributed by atoms with Crippen LogP contribution in [0.25, 0.3) is 0 Å². The van der Waals surface area contributed by atoms with Crippen molar-refractivity contribution < 1.29 is 9.18 Å². The molecule has 1 aromatic heterocycles. The van der Waals surface area contributed by atoms with Crippen LogP contribution in [0.15, 0.2) is 18.5 Å². The maximum Gasteiger partial charge on any atom is 0.231 e. The third-order valence-corrected chi connectivity index (χ3v) is 2.94. The van der Waals surface area contributed by atoms with Gasteiger partial charge in [0.2, 0.25) is 5.91 Å². The van der Waals surface area contributed by atoms with Crippen LogP contribution in [0.2, 0.25) is 0 Å². The van der Waals surface area contributed by atoms with Crippen molar-refractivity contribution in [1.29, 1.82) is 0 Å². The molecule has 0 saturated carbocycles. The van der Waals surface area contributed by atoms with E-state index in [2.05, 4.69) is 15.6 Å². The number of hydrogen-bond acceptors (Lipinski definition) is 3. The van der Waals surface area contributed by atoms with Gasteiger partial charge in [-0.05, 0) is 26.0 Å². The third-order valence-electron chi connectivity index (χ3n) is 2.94. The molecule has 0 aromatic carbocycles. The molecule has 1 amide bonds. The molecular weight excluding hydrogens is 209 g/mol. The summed E-state index contributed by atoms with van der Waals surface area (Å²) in [5, 5.41) is 5.73. The van der Waals surface area contributed by atoms with Gasteiger partial charge in [-0.25, -0.2) is 4.39 Å². The second-order valence-electron chi connectivity index (χ2n) is 4.30. The zero-order valence-corrected chi connectivity index (χ0v) is 9.09. The molecule has 2 heterocycles. The normalized spacial score (nSPS) is 24.4. The molecule has 1 saturated heterocycles. The van der Waals surface area contributed by atoms with Crippen LogP contribution in [0.3, 0.4) is 0 Å². The highest BCUT2D eigenvalue weighted by Crippen LogP contribution is 2.26. The molecule has 1 atom stereocenters. The molecule has 0 bridgehead atoms. The third kappa shape index (κ3) is 2.04. The van der Waals surface area contributed by atoms with E-state index in [-0.39, 0.29) is 11.6 Å². The Morgan fingerprint density at radius 1 is 1.69 bits per heavy atom. The Labute approximate surface area is 93.3 Å². The van der Waals surface area contributed by atoms with Gasteiger partial charge < -0.3 is 10.6 Å². The lowest BCUT2D eigenvalue weighted by Gasteiger charge is -2.21. The highest BCUT2D eigenvalue weighted by atomic mass is 19.1. The smallest absolute Gasteiger partial charge is 0.231 e. The molecule has 16 heavy (non-hydrogen) atoms. The number of carbonyl (C=O) groups is 1. The second kappa shape index (κ2) is 4.17. The number of rotatable bonds is 2. The molecule has 4 nitrogen and oxygen atoms in total. The monoisotopic (exact) mass is 223 g/mol. The van der Waals surface area contributed by atoms with Crippen molar-refractivity contribution >= 4 is 11.6 Å². The van der Waals surface area contributed by atoms with E-state index in [1.807, 2.05) is 6.92 Å². The minimum atomic E-state index is -0.509. The van der Waals surface area contributed by atoms with E-state index in [9.17, 15) is 9.18 Å². The number of anilines is 1. The molecule has 0 radical (unpaired) electrons. The Bertz CT molecular complexity index is 402. The van der Waals surface area contributed by atoms with Gasteiger partial charge in [0.05, 0.1) is 17.3 Å². The number of pyridine rings is 1. The van der Waals surface area contributed by atoms with E-state index >= 15 is 0 Å². The molecule has 86 valence electrons. The summed E-state index contributed by atoms with van der Waals surface area (Å²) < 4.78 is 13.3. The summed E-state index contributed by atoms with van der Waals surface area (Å²) in [5.74, 6) is -0.659. The first-order valence-electron chi connectivity index (χ1n) is 5.23. The van der Waals surface area contributed by atoms with Gasteiger partial charge in [0.25, 0.3) is 0 Å². The van der Waals surface area contributed by atoms with Crippen molar-refractivity contribution in [2.24, 2.45) is 5.41 Å². The summed E-state index contributed by atoms with van der Waals surface area (Å²) in [6.45, 7) is 3.33. The van der Waals surface area contributed by atoms with E-state index in [0.717, 1.165) is 19.2 Å². The van der Waals surface area contributed by atoms with E-state index in [0.29, 0.717) is 6.54 Å². The predicted molar refractivity (Wildman–Crippen MR) is 58.4 cm³/mol. The number of nitrogens with zero attached hydrogens (tertiary/aromatic N) is 1. The Morgan fingerprint density at radius 3 is 3.12 bits per heavy atom. The van der Waals surface area contributed by atoms with Crippen LogP contribution in [0.1, 0.15) is 13.3 Å². The van der Waals surface area contributed by atoms with E-state index in [1.165, 1.54) is 12.3 Å². The van der Waals surface area contributed by atoms with Gasteiger partial charge in [-0.3, -0.25) is 9.78 Å². The first-order chi connectivity index (χ1) is 7.62. The average Bonchev–Trinajstić information content (AvgIpc) is 2.70. The fourth-order valence-electron chi connectivity index (χ4n) is 1.76. The molecule has 1 aliphatic heterocycles. The van der Waals surface area contributed by atoms with Gasteiger partial charge in [-0.2, -0.15) is 0 Å². The summed E-state index contributed by atoms with van der Waals surface area (Å²) in [4.78, 5) is 15.6. The zero-order chi connectivity index (χ0) is 11.6. The standard InChI is InChI=1S/C11H14FN3O/c1-11(3-5-14-7-11)10(16)15-9-2-4-13-6-8(9)12/h2,4,6,14H,3,5,7H2,1H3,(H,13,15,16). The SMILES string of the molecule is CC1(C(=O)Nc2ccncc2F)CCNC1. The van der Waals surface area contributed by atoms with Crippen molar-refractivity contribution in [3.63, 3.8) is 0 Å². The fraction of sp³-hybridized carbons (Fsp3) is 0.455. The molecule has 1 aromatic rings. The molecule has 0 aliphatic carbocycles. The van der Waals surface area contributed by atoms with Crippen LogP contribution in [-0.2, 0) is 4.79 Å². The molecular formula is C11H14FN3O. The summed E-state index contributed by atoms with van der Waals surface area (Å²) in [6, 6.07) is 1.46. The van der Waals surface area contributed by atoms with Gasteiger partial charge in [0, 0.05) is 12.7 Å². The highest BCUT2D eigenvalue weighted by molar-refractivity contribution is 5.95. The van der Waals surface area contributed by atoms with Crippen molar-refractivity contribution in [2.75, 3.05) is 18.4 Å². The topological polar surface area (TPSA) is 54.0 Å². The quantitative estimate of drug-likeness (QED) is 0.791. The van der Waals surface area contributed by atoms with Crippen LogP contribution in [0.5, 0.6) is 0 Å². The van der Waals surface area contributed by atoms with Crippen LogP contribution < -0.4 is 10.6 Å². The average molecular weight is 223 g/mol. The molecule has 1 aliphatic rings. The minimum absolute atomic E-state index is 0.150. The molecule has 0 spiro atoms. The van der Waals surface area contributed by atoms with E-state index in [4.69, 9.17) is 0 Å². The van der Waals surface area contributed by atoms with Crippen LogP contribution in [0, 0.1) is 11.2 Å². The number of amides is 1. The number of halogens is 1. The van der Waals surface area contributed by atoms with E-state index in [1.54, 1.807) is 0 Å². The zero-order valence-electron chi connectivity index (χ0n) is 9.09. The lowest BCUT2D eigenvalue weighted by Crippen LogP contribution is -2.35. The van der Waals surface area contributed by atoms with Crippen molar-refractivity contribution in [3.05, 3.63) is 24.3 Å². The maximum atomic E-state index is 13.3. The lowest BCUT2D eigenvalue weighted by molar-refractivity contribution is -0.123. The Balaban J connectivity index is 2.10. The van der Waals surface area contributed by atoms with Gasteiger partial charge in [-0.15, -0.1) is 0 Å². The van der Waals surface area contributed by atoms with Gasteiger partial charge in [0.15, 0.2) is 5.82 Å². The molecule has 5 heteroatoms. The maximum absolute atomic E-state index is 13.3. The fourth-order valence-corrected chi connectivity index (χ4v) is 1.76. The number of carbonyl (C=O) groups excluding carboxylic acids is 1. The summed E-state index contributed by atoms with van der Waals surface area (Å²) in [5.41, 5.74) is -0.261. The lowest BCUT2D eigenvalue weighted by atomic mass is 9.89. The van der Waals surface area contributed by atoms with Gasteiger partial charge >= 0.3 is 0 Å². The van der Waals surface area contributed by atoms with Gasteiger partial charge in [0.1, 0.15) is 0 Å². The predicted octanol–water partition coefficient (Wildman–Crippen LogP) is 1.16. The molecule has 1 fully saturated rings. The van der Waals surface area contributed by atoms with Crippen LogP contribution in [-0.4, -0.2) is 24.0 Å². The van der Waals surface area contributed by atoms with Crippen LogP contribution >= 0.6 is 0 Å². The summed E-state index contributed by atoms with van der Waals surface area (Å²) >= 11 is 0. The molecule has 2 rings (SSSR count). The van der Waals surface area contributed by atoms with Crippen molar-refractivity contribution in [3.8, 4) is 0 Å². The minimum Gasteiger partial charge on any atom is -0.323 e. The second-order valence-corrected chi connectivity index (χ2v) is 4.30. The first-order valence-corrected chi connectivity index (χ1v) is 5.23. The first kappa shape index (κ1) is 11.0. The van der Waals surface area contributed by atoms with E-state index < -0.39 is 11.2 Å². The summed E-state index contributed by atoms with van der Waals surface area (Å²) in [7, 11) is 0. The number of hydrogen-bond donors (Lipinski definition) is 2. The number of nitrogens with one attached hydrogen (secondary N) is 2. The summed E-state index contributed by atoms with van der Waals surface area (Å²) in [6.07, 6.45) is 3.31. The Morgan fingerprint density at radius 2 is 2.50 bits per heavy atom. The van der Waals surface area contributed by atoms with Crippen molar-refractivity contribution in [2.45, 2.75) is 13.3 Å². The Kier molecular flexibility index (Phi) is 2.87. The van der Waals surface area contributed by atoms with Crippen molar-refractivity contribution in [1.82, 2.24) is 10.3 Å². The van der Waals surface area contributed by atoms with Crippen LogP contribution in [0.4, 0.5) is 10.1 Å². The number of aromatic nitrogens is 1. The molecule has 1 unspecified atom stereocenters. The molecule has 2 N–H and O–H groups in total.